The van der Waals surface area contributed by atoms with Crippen molar-refractivity contribution in [1.29, 1.82) is 0 Å². The summed E-state index contributed by atoms with van der Waals surface area (Å²) in [5.41, 5.74) is 2.76. The quantitative estimate of drug-likeness (QED) is 0.588. The minimum absolute atomic E-state index is 0.0720. The molecule has 1 N–H and O–H groups in total. The van der Waals surface area contributed by atoms with Crippen molar-refractivity contribution in [2.24, 2.45) is 12.1 Å². The van der Waals surface area contributed by atoms with Crippen molar-refractivity contribution in [3.63, 3.8) is 0 Å². The zero-order valence-electron chi connectivity index (χ0n) is 13.7. The van der Waals surface area contributed by atoms with Crippen LogP contribution in [-0.4, -0.2) is 21.4 Å². The van der Waals surface area contributed by atoms with Crippen molar-refractivity contribution in [1.82, 2.24) is 15.2 Å². The molecule has 0 spiro atoms. The van der Waals surface area contributed by atoms with Gasteiger partial charge in [-0.2, -0.15) is 10.2 Å². The van der Waals surface area contributed by atoms with Crippen LogP contribution in [0.4, 0.5) is 4.39 Å². The van der Waals surface area contributed by atoms with Gasteiger partial charge in [-0.3, -0.25) is 9.59 Å². The molecule has 0 bridgehead atoms. The minimum Gasteiger partial charge on any atom is -0.267 e. The van der Waals surface area contributed by atoms with Crippen LogP contribution in [0.3, 0.4) is 0 Å². The predicted molar refractivity (Wildman–Crippen MR) is 93.1 cm³/mol. The van der Waals surface area contributed by atoms with Crippen LogP contribution in [0.1, 0.15) is 23.0 Å². The molecule has 0 aliphatic carbocycles. The Morgan fingerprint density at radius 1 is 1.12 bits per heavy atom. The number of carbonyl (C=O) groups is 1. The van der Waals surface area contributed by atoms with Gasteiger partial charge in [0.25, 0.3) is 11.5 Å². The normalized spacial score (nSPS) is 11.6. The van der Waals surface area contributed by atoms with Gasteiger partial charge < -0.3 is 0 Å². The number of nitrogens with one attached hydrogen (secondary N) is 1. The van der Waals surface area contributed by atoms with E-state index < -0.39 is 11.7 Å². The minimum atomic E-state index is -0.581. The van der Waals surface area contributed by atoms with E-state index in [4.69, 9.17) is 0 Å². The second-order valence-corrected chi connectivity index (χ2v) is 5.44. The Morgan fingerprint density at radius 2 is 1.76 bits per heavy atom. The van der Waals surface area contributed by atoms with Gasteiger partial charge >= 0.3 is 0 Å². The lowest BCUT2D eigenvalue weighted by Crippen LogP contribution is -2.27. The molecule has 2 aromatic carbocycles. The largest absolute Gasteiger partial charge is 0.292 e. The van der Waals surface area contributed by atoms with Crippen molar-refractivity contribution >= 4 is 22.4 Å². The van der Waals surface area contributed by atoms with Crippen LogP contribution in [0.25, 0.3) is 10.8 Å². The number of hydrogen-bond donors (Lipinski definition) is 1. The molecule has 0 unspecified atom stereocenters. The summed E-state index contributed by atoms with van der Waals surface area (Å²) in [6.45, 7) is 1.59. The van der Waals surface area contributed by atoms with Gasteiger partial charge in [0.1, 0.15) is 5.82 Å². The van der Waals surface area contributed by atoms with Gasteiger partial charge in [-0.25, -0.2) is 14.5 Å². The van der Waals surface area contributed by atoms with Crippen LogP contribution in [0, 0.1) is 5.82 Å². The monoisotopic (exact) mass is 338 g/mol. The van der Waals surface area contributed by atoms with E-state index >= 15 is 0 Å². The lowest BCUT2D eigenvalue weighted by molar-refractivity contribution is 0.0949. The molecule has 0 saturated carbocycles. The molecular formula is C18H15FN4O2. The fourth-order valence-corrected chi connectivity index (χ4v) is 2.47. The highest BCUT2D eigenvalue weighted by Crippen LogP contribution is 2.13. The highest BCUT2D eigenvalue weighted by Gasteiger charge is 2.15. The van der Waals surface area contributed by atoms with E-state index in [0.29, 0.717) is 22.0 Å². The number of amides is 1. The molecule has 0 fully saturated rings. The number of carbonyl (C=O) groups excluding carboxylic acids is 1. The standard InChI is InChI=1S/C18H15FN4O2/c1-11(12-7-5-6-10-15(12)19)20-21-17(24)16-13-8-3-4-9-14(13)18(25)23(2)22-16/h3-10H,1-2H3,(H,21,24)/b20-11-. The average molecular weight is 338 g/mol. The number of halogens is 1. The molecule has 0 saturated heterocycles. The van der Waals surface area contributed by atoms with Gasteiger partial charge in [-0.05, 0) is 19.1 Å². The summed E-state index contributed by atoms with van der Waals surface area (Å²) in [6, 6.07) is 12.8. The molecule has 1 amide bonds. The Morgan fingerprint density at radius 3 is 2.48 bits per heavy atom. The Hall–Kier alpha value is -3.35. The first-order valence-electron chi connectivity index (χ1n) is 7.54. The number of hydrogen-bond acceptors (Lipinski definition) is 4. The van der Waals surface area contributed by atoms with Crippen molar-refractivity contribution in [3.05, 3.63) is 76.0 Å². The highest BCUT2D eigenvalue weighted by atomic mass is 19.1. The SMILES string of the molecule is C/C(=N/NC(=O)c1nn(C)c(=O)c2ccccc12)c1ccccc1F. The number of rotatable bonds is 3. The number of hydrazone groups is 1. The number of aromatic nitrogens is 2. The topological polar surface area (TPSA) is 76.3 Å². The van der Waals surface area contributed by atoms with Gasteiger partial charge in [-0.15, -0.1) is 0 Å². The van der Waals surface area contributed by atoms with E-state index in [1.54, 1.807) is 49.4 Å². The first-order chi connectivity index (χ1) is 12.0. The summed E-state index contributed by atoms with van der Waals surface area (Å²) in [7, 11) is 1.47. The summed E-state index contributed by atoms with van der Waals surface area (Å²) in [4.78, 5) is 24.5. The third kappa shape index (κ3) is 3.16. The molecule has 1 aromatic heterocycles. The van der Waals surface area contributed by atoms with Crippen LogP contribution in [0.15, 0.2) is 58.4 Å². The summed E-state index contributed by atoms with van der Waals surface area (Å²) in [5.74, 6) is -1.01. The molecule has 0 aliphatic rings. The molecule has 126 valence electrons. The van der Waals surface area contributed by atoms with E-state index in [2.05, 4.69) is 15.6 Å². The predicted octanol–water partition coefficient (Wildman–Crippen LogP) is 2.23. The summed E-state index contributed by atoms with van der Waals surface area (Å²) >= 11 is 0. The van der Waals surface area contributed by atoms with E-state index in [1.165, 1.54) is 13.1 Å². The first kappa shape index (κ1) is 16.5. The second-order valence-electron chi connectivity index (χ2n) is 5.44. The van der Waals surface area contributed by atoms with Crippen molar-refractivity contribution in [3.8, 4) is 0 Å². The average Bonchev–Trinajstić information content (AvgIpc) is 2.63. The third-order valence-electron chi connectivity index (χ3n) is 3.76. The van der Waals surface area contributed by atoms with Gasteiger partial charge in [0.15, 0.2) is 5.69 Å². The van der Waals surface area contributed by atoms with Crippen molar-refractivity contribution in [2.45, 2.75) is 6.92 Å². The smallest absolute Gasteiger partial charge is 0.267 e. The summed E-state index contributed by atoms with van der Waals surface area (Å²) < 4.78 is 14.9. The molecule has 0 radical (unpaired) electrons. The van der Waals surface area contributed by atoms with Crippen LogP contribution >= 0.6 is 0 Å². The van der Waals surface area contributed by atoms with Crippen LogP contribution in [-0.2, 0) is 7.05 Å². The van der Waals surface area contributed by atoms with Gasteiger partial charge in [-0.1, -0.05) is 36.4 Å². The zero-order valence-corrected chi connectivity index (χ0v) is 13.7. The number of benzene rings is 2. The molecule has 7 heteroatoms. The summed E-state index contributed by atoms with van der Waals surface area (Å²) in [5, 5.41) is 8.78. The Balaban J connectivity index is 1.96. The van der Waals surface area contributed by atoms with E-state index in [0.717, 1.165) is 4.68 Å². The van der Waals surface area contributed by atoms with Crippen LogP contribution in [0.5, 0.6) is 0 Å². The van der Waals surface area contributed by atoms with Crippen LogP contribution < -0.4 is 11.0 Å². The van der Waals surface area contributed by atoms with E-state index in [9.17, 15) is 14.0 Å². The molecule has 0 atom stereocenters. The molecule has 25 heavy (non-hydrogen) atoms. The van der Waals surface area contributed by atoms with Gasteiger partial charge in [0.2, 0.25) is 0 Å². The molecular weight excluding hydrogens is 323 g/mol. The fraction of sp³-hybridized carbons (Fsp3) is 0.111. The fourth-order valence-electron chi connectivity index (χ4n) is 2.47. The Labute approximate surface area is 142 Å². The second kappa shape index (κ2) is 6.64. The van der Waals surface area contributed by atoms with E-state index in [-0.39, 0.29) is 11.3 Å². The van der Waals surface area contributed by atoms with Crippen LogP contribution in [0.2, 0.25) is 0 Å². The number of fused-ring (bicyclic) bond motifs is 1. The zero-order chi connectivity index (χ0) is 18.0. The summed E-state index contributed by atoms with van der Waals surface area (Å²) in [6.07, 6.45) is 0. The molecule has 3 aromatic rings. The maximum atomic E-state index is 13.7. The molecule has 6 nitrogen and oxygen atoms in total. The maximum absolute atomic E-state index is 13.7. The molecule has 3 rings (SSSR count). The third-order valence-corrected chi connectivity index (χ3v) is 3.76. The highest BCUT2D eigenvalue weighted by molar-refractivity contribution is 6.06. The maximum Gasteiger partial charge on any atom is 0.292 e. The first-order valence-corrected chi connectivity index (χ1v) is 7.54. The van der Waals surface area contributed by atoms with Crippen molar-refractivity contribution < 1.29 is 9.18 Å². The molecule has 0 aliphatic heterocycles. The lowest BCUT2D eigenvalue weighted by Gasteiger charge is -2.07. The Bertz CT molecular complexity index is 1060. The van der Waals surface area contributed by atoms with E-state index in [1.807, 2.05) is 0 Å². The Kier molecular flexibility index (Phi) is 4.38. The number of aryl methyl sites for hydroxylation is 1. The van der Waals surface area contributed by atoms with Gasteiger partial charge in [0.05, 0.1) is 11.1 Å². The van der Waals surface area contributed by atoms with Gasteiger partial charge in [0, 0.05) is 18.0 Å². The van der Waals surface area contributed by atoms with Crippen molar-refractivity contribution in [2.75, 3.05) is 0 Å². The lowest BCUT2D eigenvalue weighted by atomic mass is 10.1. The molecule has 1 heterocycles. The number of nitrogens with zero attached hydrogens (tertiary/aromatic N) is 3.